The van der Waals surface area contributed by atoms with Crippen molar-refractivity contribution in [1.29, 1.82) is 0 Å². The van der Waals surface area contributed by atoms with Gasteiger partial charge in [-0.25, -0.2) is 0 Å². The highest BCUT2D eigenvalue weighted by Crippen LogP contribution is 2.27. The van der Waals surface area contributed by atoms with Crippen molar-refractivity contribution >= 4 is 17.7 Å². The second-order valence-corrected chi connectivity index (χ2v) is 5.99. The van der Waals surface area contributed by atoms with Gasteiger partial charge < -0.3 is 10.1 Å². The van der Waals surface area contributed by atoms with Gasteiger partial charge in [0.05, 0.1) is 6.61 Å². The summed E-state index contributed by atoms with van der Waals surface area (Å²) in [6.07, 6.45) is 3.34. The van der Waals surface area contributed by atoms with E-state index in [2.05, 4.69) is 25.2 Å². The van der Waals surface area contributed by atoms with Crippen LogP contribution in [0.4, 0.5) is 5.69 Å². The van der Waals surface area contributed by atoms with E-state index in [9.17, 15) is 4.79 Å². The predicted molar refractivity (Wildman–Crippen MR) is 101 cm³/mol. The Hall–Kier alpha value is -2.55. The minimum atomic E-state index is -0.141. The molecule has 0 heterocycles. The highest BCUT2D eigenvalue weighted by atomic mass is 16.5. The summed E-state index contributed by atoms with van der Waals surface area (Å²) in [5.41, 5.74) is 4.01. The molecule has 0 aliphatic carbocycles. The van der Waals surface area contributed by atoms with Crippen molar-refractivity contribution in [2.24, 2.45) is 0 Å². The number of hydrogen-bond donors (Lipinski definition) is 1. The molecular weight excluding hydrogens is 298 g/mol. The summed E-state index contributed by atoms with van der Waals surface area (Å²) < 4.78 is 5.57. The highest BCUT2D eigenvalue weighted by Gasteiger charge is 2.10. The van der Waals surface area contributed by atoms with E-state index in [1.165, 1.54) is 0 Å². The van der Waals surface area contributed by atoms with Crippen LogP contribution >= 0.6 is 0 Å². The topological polar surface area (TPSA) is 38.3 Å². The van der Waals surface area contributed by atoms with Gasteiger partial charge in [0, 0.05) is 17.3 Å². The first-order chi connectivity index (χ1) is 11.5. The summed E-state index contributed by atoms with van der Waals surface area (Å²) in [7, 11) is 0. The number of anilines is 1. The van der Waals surface area contributed by atoms with Gasteiger partial charge in [-0.05, 0) is 43.0 Å². The molecule has 0 aliphatic heterocycles. The van der Waals surface area contributed by atoms with Crippen LogP contribution in [-0.4, -0.2) is 12.5 Å². The van der Waals surface area contributed by atoms with Crippen LogP contribution in [0.5, 0.6) is 5.75 Å². The van der Waals surface area contributed by atoms with E-state index in [4.69, 9.17) is 4.74 Å². The fraction of sp³-hybridized carbons (Fsp3) is 0.286. The van der Waals surface area contributed by atoms with E-state index in [-0.39, 0.29) is 5.91 Å². The molecule has 126 valence electrons. The molecule has 3 heteroatoms. The first-order valence-corrected chi connectivity index (χ1v) is 8.33. The third kappa shape index (κ3) is 4.48. The zero-order chi connectivity index (χ0) is 17.5. The number of carbonyl (C=O) groups is 1. The van der Waals surface area contributed by atoms with Gasteiger partial charge in [0.2, 0.25) is 5.91 Å². The van der Waals surface area contributed by atoms with Gasteiger partial charge in [0.1, 0.15) is 5.75 Å². The molecule has 0 aromatic heterocycles. The zero-order valence-electron chi connectivity index (χ0n) is 14.8. The maximum Gasteiger partial charge on any atom is 0.248 e. The fourth-order valence-electron chi connectivity index (χ4n) is 2.58. The number of ether oxygens (including phenoxy) is 1. The van der Waals surface area contributed by atoms with E-state index >= 15 is 0 Å². The van der Waals surface area contributed by atoms with Crippen molar-refractivity contribution in [2.75, 3.05) is 11.9 Å². The van der Waals surface area contributed by atoms with Crippen molar-refractivity contribution in [1.82, 2.24) is 0 Å². The van der Waals surface area contributed by atoms with Crippen LogP contribution in [0, 0.1) is 6.92 Å². The van der Waals surface area contributed by atoms with Crippen LogP contribution in [0.25, 0.3) is 6.08 Å². The van der Waals surface area contributed by atoms with Gasteiger partial charge in [-0.15, -0.1) is 0 Å². The second-order valence-electron chi connectivity index (χ2n) is 5.99. The van der Waals surface area contributed by atoms with E-state index in [0.29, 0.717) is 12.5 Å². The molecule has 0 aliphatic rings. The molecule has 0 saturated heterocycles. The lowest BCUT2D eigenvalue weighted by molar-refractivity contribution is -0.111. The van der Waals surface area contributed by atoms with Gasteiger partial charge in [-0.3, -0.25) is 4.79 Å². The average Bonchev–Trinajstić information content (AvgIpc) is 2.56. The molecule has 2 aromatic rings. The smallest absolute Gasteiger partial charge is 0.248 e. The van der Waals surface area contributed by atoms with Crippen molar-refractivity contribution in [2.45, 2.75) is 33.6 Å². The Morgan fingerprint density at radius 1 is 1.17 bits per heavy atom. The molecule has 0 unspecified atom stereocenters. The molecule has 2 rings (SSSR count). The zero-order valence-corrected chi connectivity index (χ0v) is 14.8. The summed E-state index contributed by atoms with van der Waals surface area (Å²) in [5, 5.41) is 3.02. The largest absolute Gasteiger partial charge is 0.493 e. The number of rotatable bonds is 6. The van der Waals surface area contributed by atoms with Crippen LogP contribution in [0.3, 0.4) is 0 Å². The molecule has 1 N–H and O–H groups in total. The van der Waals surface area contributed by atoms with Gasteiger partial charge in [0.25, 0.3) is 0 Å². The van der Waals surface area contributed by atoms with Crippen LogP contribution < -0.4 is 10.1 Å². The number of carbonyl (C=O) groups excluding carboxylic acids is 1. The molecule has 0 radical (unpaired) electrons. The summed E-state index contributed by atoms with van der Waals surface area (Å²) in [4.78, 5) is 12.3. The Kier molecular flexibility index (Phi) is 6.19. The average molecular weight is 323 g/mol. The van der Waals surface area contributed by atoms with Crippen LogP contribution in [0.15, 0.2) is 48.5 Å². The standard InChI is InChI=1S/C21H25NO2/c1-5-24-19-12-7-6-10-17(19)13-14-20(23)22-21-16(4)9-8-11-18(21)15(2)3/h6-15H,5H2,1-4H3,(H,22,23)/b14-13+. The summed E-state index contributed by atoms with van der Waals surface area (Å²) in [5.74, 6) is 0.989. The maximum atomic E-state index is 12.3. The predicted octanol–water partition coefficient (Wildman–Crippen LogP) is 5.17. The molecule has 3 nitrogen and oxygen atoms in total. The number of nitrogens with one attached hydrogen (secondary N) is 1. The summed E-state index contributed by atoms with van der Waals surface area (Å²) in [6.45, 7) is 8.80. The monoisotopic (exact) mass is 323 g/mol. The van der Waals surface area contributed by atoms with Crippen molar-refractivity contribution in [3.05, 3.63) is 65.2 Å². The lowest BCUT2D eigenvalue weighted by atomic mass is 9.98. The van der Waals surface area contributed by atoms with E-state index in [1.54, 1.807) is 12.2 Å². The Bertz CT molecular complexity index is 732. The van der Waals surface area contributed by atoms with E-state index < -0.39 is 0 Å². The van der Waals surface area contributed by atoms with Crippen molar-refractivity contribution in [3.63, 3.8) is 0 Å². The molecule has 0 spiro atoms. The summed E-state index contributed by atoms with van der Waals surface area (Å²) in [6, 6.07) is 13.8. The normalized spacial score (nSPS) is 11.0. The highest BCUT2D eigenvalue weighted by molar-refractivity contribution is 6.03. The molecule has 0 bridgehead atoms. The maximum absolute atomic E-state index is 12.3. The van der Waals surface area contributed by atoms with Crippen molar-refractivity contribution < 1.29 is 9.53 Å². The number of aryl methyl sites for hydroxylation is 1. The Balaban J connectivity index is 2.18. The number of para-hydroxylation sites is 2. The Morgan fingerprint density at radius 3 is 2.62 bits per heavy atom. The van der Waals surface area contributed by atoms with Crippen LogP contribution in [0.2, 0.25) is 0 Å². The van der Waals surface area contributed by atoms with Gasteiger partial charge in [-0.1, -0.05) is 50.2 Å². The summed E-state index contributed by atoms with van der Waals surface area (Å²) >= 11 is 0. The number of benzene rings is 2. The fourth-order valence-corrected chi connectivity index (χ4v) is 2.58. The lowest BCUT2D eigenvalue weighted by Gasteiger charge is -2.15. The third-order valence-corrected chi connectivity index (χ3v) is 3.81. The van der Waals surface area contributed by atoms with Gasteiger partial charge in [0.15, 0.2) is 0 Å². The Labute approximate surface area is 144 Å². The Morgan fingerprint density at radius 2 is 1.92 bits per heavy atom. The minimum absolute atomic E-state index is 0.141. The number of hydrogen-bond acceptors (Lipinski definition) is 2. The number of amides is 1. The molecule has 0 fully saturated rings. The molecule has 0 atom stereocenters. The molecule has 24 heavy (non-hydrogen) atoms. The lowest BCUT2D eigenvalue weighted by Crippen LogP contribution is -2.11. The van der Waals surface area contributed by atoms with Gasteiger partial charge >= 0.3 is 0 Å². The minimum Gasteiger partial charge on any atom is -0.493 e. The van der Waals surface area contributed by atoms with E-state index in [1.807, 2.05) is 50.2 Å². The van der Waals surface area contributed by atoms with E-state index in [0.717, 1.165) is 28.1 Å². The first kappa shape index (κ1) is 17.8. The quantitative estimate of drug-likeness (QED) is 0.745. The van der Waals surface area contributed by atoms with Gasteiger partial charge in [-0.2, -0.15) is 0 Å². The van der Waals surface area contributed by atoms with Crippen molar-refractivity contribution in [3.8, 4) is 5.75 Å². The molecular formula is C21H25NO2. The molecule has 0 saturated carbocycles. The first-order valence-electron chi connectivity index (χ1n) is 8.33. The second kappa shape index (κ2) is 8.34. The van der Waals surface area contributed by atoms with Crippen LogP contribution in [-0.2, 0) is 4.79 Å². The molecule has 2 aromatic carbocycles. The SMILES string of the molecule is CCOc1ccccc1/C=C/C(=O)Nc1c(C)cccc1C(C)C. The third-order valence-electron chi connectivity index (χ3n) is 3.81. The molecule has 1 amide bonds. The van der Waals surface area contributed by atoms with Crippen LogP contribution in [0.1, 0.15) is 43.4 Å².